The molecule has 0 aromatic heterocycles. The normalized spacial score (nSPS) is 31.0. The number of amides is 1. The number of carbonyl (C=O) groups excluding carboxylic acids is 1. The second-order valence-electron chi connectivity index (χ2n) is 3.02. The van der Waals surface area contributed by atoms with E-state index in [0.717, 1.165) is 0 Å². The van der Waals surface area contributed by atoms with Crippen LogP contribution < -0.4 is 5.73 Å². The van der Waals surface area contributed by atoms with Crippen LogP contribution in [0.4, 0.5) is 0 Å². The van der Waals surface area contributed by atoms with E-state index in [9.17, 15) is 13.2 Å². The molecule has 1 aliphatic carbocycles. The van der Waals surface area contributed by atoms with Crippen LogP contribution in [0.15, 0.2) is 0 Å². The van der Waals surface area contributed by atoms with E-state index in [1.807, 2.05) is 0 Å². The van der Waals surface area contributed by atoms with E-state index in [1.54, 1.807) is 0 Å². The van der Waals surface area contributed by atoms with Crippen molar-refractivity contribution in [2.45, 2.75) is 18.1 Å². The molecule has 0 heterocycles. The molecule has 0 radical (unpaired) electrons. The predicted molar refractivity (Wildman–Crippen MR) is 40.6 cm³/mol. The molecule has 0 saturated heterocycles. The Labute approximate surface area is 65.7 Å². The van der Waals surface area contributed by atoms with Crippen molar-refractivity contribution in [1.29, 1.82) is 0 Å². The van der Waals surface area contributed by atoms with Gasteiger partial charge in [-0.3, -0.25) is 4.79 Å². The lowest BCUT2D eigenvalue weighted by Crippen LogP contribution is -2.42. The summed E-state index contributed by atoms with van der Waals surface area (Å²) >= 11 is 0. The average molecular weight is 177 g/mol. The van der Waals surface area contributed by atoms with Crippen LogP contribution in [0, 0.1) is 5.92 Å². The van der Waals surface area contributed by atoms with Crippen LogP contribution in [0.2, 0.25) is 0 Å². The molecule has 0 atom stereocenters. The number of hydrogen-bond donors (Lipinski definition) is 1. The molecule has 2 N–H and O–H groups in total. The molecular formula is C6H11NO3S. The van der Waals surface area contributed by atoms with Gasteiger partial charge in [-0.2, -0.15) is 0 Å². The van der Waals surface area contributed by atoms with E-state index in [-0.39, 0.29) is 17.1 Å². The topological polar surface area (TPSA) is 77.2 Å². The maximum Gasteiger partial charge on any atom is 0.220 e. The summed E-state index contributed by atoms with van der Waals surface area (Å²) in [6.07, 6.45) is 2.01. The van der Waals surface area contributed by atoms with Gasteiger partial charge in [-0.15, -0.1) is 0 Å². The SMILES string of the molecule is CS(=O)(=O)C1CC(C(N)=O)C1. The third-order valence-corrected chi connectivity index (χ3v) is 3.70. The third kappa shape index (κ3) is 1.71. The summed E-state index contributed by atoms with van der Waals surface area (Å²) in [7, 11) is -2.94. The van der Waals surface area contributed by atoms with Gasteiger partial charge in [0.25, 0.3) is 0 Å². The molecule has 11 heavy (non-hydrogen) atoms. The van der Waals surface area contributed by atoms with Gasteiger partial charge in [0.1, 0.15) is 9.84 Å². The van der Waals surface area contributed by atoms with Crippen molar-refractivity contribution in [2.24, 2.45) is 11.7 Å². The summed E-state index contributed by atoms with van der Waals surface area (Å²) in [5.41, 5.74) is 4.97. The lowest BCUT2D eigenvalue weighted by molar-refractivity contribution is -0.123. The molecule has 1 saturated carbocycles. The highest BCUT2D eigenvalue weighted by atomic mass is 32.2. The van der Waals surface area contributed by atoms with Crippen molar-refractivity contribution in [3.8, 4) is 0 Å². The number of rotatable bonds is 2. The van der Waals surface area contributed by atoms with Crippen LogP contribution in [-0.2, 0) is 14.6 Å². The molecule has 0 aromatic carbocycles. The highest BCUT2D eigenvalue weighted by molar-refractivity contribution is 7.91. The monoisotopic (exact) mass is 177 g/mol. The van der Waals surface area contributed by atoms with E-state index in [2.05, 4.69) is 0 Å². The molecule has 64 valence electrons. The Morgan fingerprint density at radius 1 is 1.45 bits per heavy atom. The standard InChI is InChI=1S/C6H11NO3S/c1-11(9,10)5-2-4(3-5)6(7)8/h4-5H,2-3H2,1H3,(H2,7,8). The molecular weight excluding hydrogens is 166 g/mol. The first-order valence-corrected chi connectivity index (χ1v) is 5.35. The molecule has 0 bridgehead atoms. The fourth-order valence-electron chi connectivity index (χ4n) is 1.15. The average Bonchev–Trinajstić information content (AvgIpc) is 1.51. The van der Waals surface area contributed by atoms with Crippen LogP contribution in [0.1, 0.15) is 12.8 Å². The molecule has 0 spiro atoms. The molecule has 1 fully saturated rings. The first kappa shape index (κ1) is 8.52. The van der Waals surface area contributed by atoms with Gasteiger partial charge in [-0.1, -0.05) is 0 Å². The van der Waals surface area contributed by atoms with Gasteiger partial charge in [-0.05, 0) is 12.8 Å². The summed E-state index contributed by atoms with van der Waals surface area (Å²) < 4.78 is 21.7. The molecule has 5 heteroatoms. The van der Waals surface area contributed by atoms with Gasteiger partial charge < -0.3 is 5.73 Å². The van der Waals surface area contributed by atoms with Crippen LogP contribution >= 0.6 is 0 Å². The highest BCUT2D eigenvalue weighted by Gasteiger charge is 2.38. The van der Waals surface area contributed by atoms with Crippen molar-refractivity contribution in [1.82, 2.24) is 0 Å². The minimum absolute atomic E-state index is 0.213. The maximum atomic E-state index is 10.8. The zero-order valence-electron chi connectivity index (χ0n) is 6.28. The lowest BCUT2D eigenvalue weighted by atomic mass is 9.84. The zero-order chi connectivity index (χ0) is 8.65. The molecule has 0 aromatic rings. The summed E-state index contributed by atoms with van der Waals surface area (Å²) in [4.78, 5) is 10.5. The van der Waals surface area contributed by atoms with Crippen LogP contribution in [0.5, 0.6) is 0 Å². The van der Waals surface area contributed by atoms with Gasteiger partial charge in [-0.25, -0.2) is 8.42 Å². The van der Waals surface area contributed by atoms with E-state index in [4.69, 9.17) is 5.73 Å². The minimum atomic E-state index is -2.94. The Bertz CT molecular complexity index is 264. The fourth-order valence-corrected chi connectivity index (χ4v) is 2.31. The molecule has 0 unspecified atom stereocenters. The van der Waals surface area contributed by atoms with Gasteiger partial charge in [0.15, 0.2) is 0 Å². The molecule has 1 amide bonds. The summed E-state index contributed by atoms with van der Waals surface area (Å²) in [5.74, 6) is -0.598. The smallest absolute Gasteiger partial charge is 0.220 e. The first-order valence-electron chi connectivity index (χ1n) is 3.39. The van der Waals surface area contributed by atoms with Crippen LogP contribution in [0.3, 0.4) is 0 Å². The van der Waals surface area contributed by atoms with Crippen LogP contribution in [0.25, 0.3) is 0 Å². The van der Waals surface area contributed by atoms with Gasteiger partial charge in [0.05, 0.1) is 5.25 Å². The molecule has 1 aliphatic rings. The number of primary amides is 1. The van der Waals surface area contributed by atoms with Gasteiger partial charge in [0.2, 0.25) is 5.91 Å². The van der Waals surface area contributed by atoms with E-state index in [1.165, 1.54) is 6.26 Å². The second kappa shape index (κ2) is 2.48. The zero-order valence-corrected chi connectivity index (χ0v) is 7.10. The Morgan fingerprint density at radius 2 is 1.91 bits per heavy atom. The first-order chi connectivity index (χ1) is 4.91. The second-order valence-corrected chi connectivity index (χ2v) is 5.35. The quantitative estimate of drug-likeness (QED) is 0.605. The van der Waals surface area contributed by atoms with Crippen molar-refractivity contribution in [3.05, 3.63) is 0 Å². The van der Waals surface area contributed by atoms with E-state index >= 15 is 0 Å². The Balaban J connectivity index is 2.48. The van der Waals surface area contributed by atoms with E-state index < -0.39 is 9.84 Å². The Kier molecular flexibility index (Phi) is 1.92. The number of nitrogens with two attached hydrogens (primary N) is 1. The summed E-state index contributed by atoms with van der Waals surface area (Å²) in [5, 5.41) is -0.333. The summed E-state index contributed by atoms with van der Waals surface area (Å²) in [6, 6.07) is 0. The predicted octanol–water partition coefficient (Wildman–Crippen LogP) is -0.705. The molecule has 4 nitrogen and oxygen atoms in total. The van der Waals surface area contributed by atoms with Gasteiger partial charge >= 0.3 is 0 Å². The van der Waals surface area contributed by atoms with E-state index in [0.29, 0.717) is 12.8 Å². The van der Waals surface area contributed by atoms with Crippen LogP contribution in [-0.4, -0.2) is 25.8 Å². The Morgan fingerprint density at radius 3 is 2.18 bits per heavy atom. The molecule has 0 aliphatic heterocycles. The number of hydrogen-bond acceptors (Lipinski definition) is 3. The fraction of sp³-hybridized carbons (Fsp3) is 0.833. The molecule has 1 rings (SSSR count). The maximum absolute atomic E-state index is 10.8. The third-order valence-electron chi connectivity index (χ3n) is 2.10. The van der Waals surface area contributed by atoms with Crippen molar-refractivity contribution >= 4 is 15.7 Å². The van der Waals surface area contributed by atoms with Crippen molar-refractivity contribution < 1.29 is 13.2 Å². The number of carbonyl (C=O) groups is 1. The Hall–Kier alpha value is -0.580. The number of sulfone groups is 1. The van der Waals surface area contributed by atoms with Crippen molar-refractivity contribution in [3.63, 3.8) is 0 Å². The van der Waals surface area contributed by atoms with Crippen molar-refractivity contribution in [2.75, 3.05) is 6.26 Å². The summed E-state index contributed by atoms with van der Waals surface area (Å²) in [6.45, 7) is 0. The largest absolute Gasteiger partial charge is 0.369 e. The highest BCUT2D eigenvalue weighted by Crippen LogP contribution is 2.31. The lowest BCUT2D eigenvalue weighted by Gasteiger charge is -2.31. The van der Waals surface area contributed by atoms with Gasteiger partial charge in [0, 0.05) is 12.2 Å². The minimum Gasteiger partial charge on any atom is -0.369 e.